The monoisotopic (exact) mass is 208 g/mol. The number of rotatable bonds is 2. The second kappa shape index (κ2) is 3.60. The van der Waals surface area contributed by atoms with E-state index in [2.05, 4.69) is 15.4 Å². The molecule has 0 aliphatic rings. The summed E-state index contributed by atoms with van der Waals surface area (Å²) in [6, 6.07) is 3.33. The molecule has 2 aromatic heterocycles. The normalized spacial score (nSPS) is 10.1. The summed E-state index contributed by atoms with van der Waals surface area (Å²) in [6.45, 7) is 0. The van der Waals surface area contributed by atoms with Crippen molar-refractivity contribution in [1.29, 1.82) is 0 Å². The minimum Gasteiger partial charge on any atom is -0.294 e. The van der Waals surface area contributed by atoms with E-state index in [0.717, 1.165) is 5.56 Å². The van der Waals surface area contributed by atoms with Gasteiger partial charge in [-0.05, 0) is 11.4 Å². The first-order chi connectivity index (χ1) is 6.79. The Labute approximate surface area is 83.6 Å². The van der Waals surface area contributed by atoms with Crippen molar-refractivity contribution in [3.8, 4) is 11.3 Å². The zero-order valence-corrected chi connectivity index (χ0v) is 7.97. The third-order valence-electron chi connectivity index (χ3n) is 1.70. The average molecular weight is 208 g/mol. The largest absolute Gasteiger partial charge is 0.294 e. The summed E-state index contributed by atoms with van der Waals surface area (Å²) < 4.78 is 0. The number of hydrazine groups is 1. The highest BCUT2D eigenvalue weighted by Gasteiger charge is 2.02. The first-order valence-electron chi connectivity index (χ1n) is 3.90. The van der Waals surface area contributed by atoms with Gasteiger partial charge in [0, 0.05) is 17.0 Å². The zero-order chi connectivity index (χ0) is 9.97. The molecule has 0 atom stereocenters. The second-order valence-corrected chi connectivity index (χ2v) is 3.42. The Morgan fingerprint density at radius 3 is 3.07 bits per heavy atom. The zero-order valence-electron chi connectivity index (χ0n) is 7.15. The molecule has 5 nitrogen and oxygen atoms in total. The van der Waals surface area contributed by atoms with Crippen LogP contribution in [0.1, 0.15) is 0 Å². The molecule has 0 fully saturated rings. The minimum atomic E-state index is -0.228. The fourth-order valence-electron chi connectivity index (χ4n) is 1.08. The smallest absolute Gasteiger partial charge is 0.252 e. The summed E-state index contributed by atoms with van der Waals surface area (Å²) in [5.41, 5.74) is 3.61. The van der Waals surface area contributed by atoms with E-state index in [1.165, 1.54) is 6.07 Å². The van der Waals surface area contributed by atoms with Crippen molar-refractivity contribution in [1.82, 2.24) is 9.97 Å². The Morgan fingerprint density at radius 1 is 1.57 bits per heavy atom. The van der Waals surface area contributed by atoms with E-state index < -0.39 is 0 Å². The van der Waals surface area contributed by atoms with Crippen molar-refractivity contribution in [2.45, 2.75) is 0 Å². The van der Waals surface area contributed by atoms with E-state index in [1.807, 2.05) is 16.8 Å². The predicted octanol–water partition coefficient (Wildman–Crippen LogP) is 0.784. The highest BCUT2D eigenvalue weighted by atomic mass is 32.1. The number of hydrogen-bond donors (Lipinski definition) is 3. The summed E-state index contributed by atoms with van der Waals surface area (Å²) in [5, 5.41) is 3.84. The SMILES string of the molecule is NNc1nc(-c2ccsc2)cc(=O)[nH]1. The maximum Gasteiger partial charge on any atom is 0.252 e. The summed E-state index contributed by atoms with van der Waals surface area (Å²) in [5.74, 6) is 5.42. The maximum absolute atomic E-state index is 11.2. The van der Waals surface area contributed by atoms with E-state index in [-0.39, 0.29) is 11.5 Å². The molecule has 0 bridgehead atoms. The first kappa shape index (κ1) is 8.92. The molecule has 14 heavy (non-hydrogen) atoms. The highest BCUT2D eigenvalue weighted by Crippen LogP contribution is 2.18. The Morgan fingerprint density at radius 2 is 2.43 bits per heavy atom. The first-order valence-corrected chi connectivity index (χ1v) is 4.84. The molecule has 0 saturated heterocycles. The molecule has 2 aromatic rings. The van der Waals surface area contributed by atoms with Gasteiger partial charge in [-0.25, -0.2) is 10.8 Å². The molecule has 2 heterocycles. The van der Waals surface area contributed by atoms with Crippen molar-refractivity contribution in [3.63, 3.8) is 0 Å². The minimum absolute atomic E-state index is 0.228. The molecule has 2 rings (SSSR count). The number of nitrogens with one attached hydrogen (secondary N) is 2. The van der Waals surface area contributed by atoms with E-state index >= 15 is 0 Å². The molecular weight excluding hydrogens is 200 g/mol. The van der Waals surface area contributed by atoms with Gasteiger partial charge in [-0.3, -0.25) is 15.2 Å². The van der Waals surface area contributed by atoms with Crippen molar-refractivity contribution < 1.29 is 0 Å². The number of aromatic amines is 1. The van der Waals surface area contributed by atoms with Gasteiger partial charge in [-0.1, -0.05) is 0 Å². The summed E-state index contributed by atoms with van der Waals surface area (Å²) in [7, 11) is 0. The van der Waals surface area contributed by atoms with Gasteiger partial charge in [0.2, 0.25) is 5.95 Å². The molecule has 0 saturated carbocycles. The Balaban J connectivity index is 2.54. The molecule has 72 valence electrons. The van der Waals surface area contributed by atoms with Crippen LogP contribution in [0.5, 0.6) is 0 Å². The molecule has 0 aliphatic heterocycles. The van der Waals surface area contributed by atoms with Crippen molar-refractivity contribution in [3.05, 3.63) is 33.2 Å². The van der Waals surface area contributed by atoms with Crippen LogP contribution in [-0.2, 0) is 0 Å². The van der Waals surface area contributed by atoms with Gasteiger partial charge in [-0.2, -0.15) is 11.3 Å². The number of aromatic nitrogens is 2. The van der Waals surface area contributed by atoms with Crippen LogP contribution >= 0.6 is 11.3 Å². The molecule has 6 heteroatoms. The predicted molar refractivity (Wildman–Crippen MR) is 56.0 cm³/mol. The molecule has 0 spiro atoms. The van der Waals surface area contributed by atoms with Gasteiger partial charge in [0.1, 0.15) is 0 Å². The Kier molecular flexibility index (Phi) is 2.30. The number of H-pyrrole nitrogens is 1. The van der Waals surface area contributed by atoms with Crippen LogP contribution < -0.4 is 16.8 Å². The van der Waals surface area contributed by atoms with Crippen LogP contribution in [-0.4, -0.2) is 9.97 Å². The van der Waals surface area contributed by atoms with Crippen molar-refractivity contribution in [2.24, 2.45) is 5.84 Å². The molecule has 0 radical (unpaired) electrons. The van der Waals surface area contributed by atoms with Gasteiger partial charge in [0.15, 0.2) is 0 Å². The van der Waals surface area contributed by atoms with E-state index in [0.29, 0.717) is 5.69 Å². The number of nitrogen functional groups attached to an aromatic ring is 1. The van der Waals surface area contributed by atoms with Gasteiger partial charge >= 0.3 is 0 Å². The molecule has 0 unspecified atom stereocenters. The maximum atomic E-state index is 11.2. The lowest BCUT2D eigenvalue weighted by atomic mass is 10.2. The molecule has 0 aliphatic carbocycles. The topological polar surface area (TPSA) is 83.8 Å². The van der Waals surface area contributed by atoms with Crippen LogP contribution in [0.25, 0.3) is 11.3 Å². The molecule has 0 amide bonds. The lowest BCUT2D eigenvalue weighted by molar-refractivity contribution is 1.09. The van der Waals surface area contributed by atoms with Crippen molar-refractivity contribution in [2.75, 3.05) is 5.43 Å². The van der Waals surface area contributed by atoms with Crippen LogP contribution in [0, 0.1) is 0 Å². The highest BCUT2D eigenvalue weighted by molar-refractivity contribution is 7.08. The molecule has 4 N–H and O–H groups in total. The van der Waals surface area contributed by atoms with Crippen molar-refractivity contribution >= 4 is 17.3 Å². The van der Waals surface area contributed by atoms with Crippen LogP contribution in [0.2, 0.25) is 0 Å². The number of hydrogen-bond acceptors (Lipinski definition) is 5. The van der Waals surface area contributed by atoms with Gasteiger partial charge in [0.25, 0.3) is 5.56 Å². The number of nitrogens with two attached hydrogens (primary N) is 1. The Hall–Kier alpha value is -1.66. The molecular formula is C8H8N4OS. The third-order valence-corrected chi connectivity index (χ3v) is 2.38. The summed E-state index contributed by atoms with van der Waals surface area (Å²) >= 11 is 1.55. The van der Waals surface area contributed by atoms with Crippen LogP contribution in [0.3, 0.4) is 0 Å². The lowest BCUT2D eigenvalue weighted by Crippen LogP contribution is -2.16. The third kappa shape index (κ3) is 1.66. The number of thiophene rings is 1. The average Bonchev–Trinajstić information content (AvgIpc) is 2.69. The summed E-state index contributed by atoms with van der Waals surface area (Å²) in [6.07, 6.45) is 0. The van der Waals surface area contributed by atoms with Crippen LogP contribution in [0.15, 0.2) is 27.7 Å². The fraction of sp³-hybridized carbons (Fsp3) is 0. The van der Waals surface area contributed by atoms with E-state index in [4.69, 9.17) is 5.84 Å². The molecule has 0 aromatic carbocycles. The fourth-order valence-corrected chi connectivity index (χ4v) is 1.73. The Bertz CT molecular complexity index is 476. The van der Waals surface area contributed by atoms with E-state index in [9.17, 15) is 4.79 Å². The quantitative estimate of drug-likeness (QED) is 0.503. The van der Waals surface area contributed by atoms with Gasteiger partial charge in [0.05, 0.1) is 5.69 Å². The van der Waals surface area contributed by atoms with E-state index in [1.54, 1.807) is 11.3 Å². The second-order valence-electron chi connectivity index (χ2n) is 2.64. The van der Waals surface area contributed by atoms with Gasteiger partial charge in [-0.15, -0.1) is 0 Å². The summed E-state index contributed by atoms with van der Waals surface area (Å²) in [4.78, 5) is 17.7. The standard InChI is InChI=1S/C8H8N4OS/c9-12-8-10-6(3-7(13)11-8)5-1-2-14-4-5/h1-4H,9H2,(H2,10,11,12,13). The number of anilines is 1. The number of nitrogens with zero attached hydrogens (tertiary/aromatic N) is 1. The van der Waals surface area contributed by atoms with Crippen LogP contribution in [0.4, 0.5) is 5.95 Å². The lowest BCUT2D eigenvalue weighted by Gasteiger charge is -2.00. The van der Waals surface area contributed by atoms with Gasteiger partial charge < -0.3 is 0 Å².